The van der Waals surface area contributed by atoms with Crippen LogP contribution in [-0.2, 0) is 6.54 Å². The molecule has 3 rings (SSSR count). The predicted octanol–water partition coefficient (Wildman–Crippen LogP) is 1.51. The third-order valence-corrected chi connectivity index (χ3v) is 4.03. The summed E-state index contributed by atoms with van der Waals surface area (Å²) in [7, 11) is 3.39. The Balaban J connectivity index is 1.96. The van der Waals surface area contributed by atoms with Gasteiger partial charge in [-0.3, -0.25) is 0 Å². The molecule has 0 radical (unpaired) electrons. The number of rotatable bonds is 6. The van der Waals surface area contributed by atoms with Gasteiger partial charge in [0.15, 0.2) is 11.6 Å². The summed E-state index contributed by atoms with van der Waals surface area (Å²) in [5, 5.41) is 3.96. The van der Waals surface area contributed by atoms with Crippen LogP contribution in [0.3, 0.4) is 0 Å². The van der Waals surface area contributed by atoms with E-state index in [1.165, 1.54) is 23.2 Å². The molecular weight excluding hydrogens is 368 g/mol. The van der Waals surface area contributed by atoms with E-state index in [4.69, 9.17) is 5.73 Å². The summed E-state index contributed by atoms with van der Waals surface area (Å²) in [6, 6.07) is 6.32. The maximum Gasteiger partial charge on any atom is 0.351 e. The molecule has 0 aliphatic heterocycles. The molecule has 146 valence electrons. The van der Waals surface area contributed by atoms with Crippen LogP contribution in [0.15, 0.2) is 53.5 Å². The van der Waals surface area contributed by atoms with Crippen molar-refractivity contribution in [2.75, 3.05) is 25.5 Å². The highest BCUT2D eigenvalue weighted by atomic mass is 19.1. The third-order valence-electron chi connectivity index (χ3n) is 4.03. The monoisotopic (exact) mass is 387 g/mol. The normalized spacial score (nSPS) is 11.7. The minimum Gasteiger partial charge on any atom is -0.360 e. The topological polar surface area (TPSA) is 94.9 Å². The van der Waals surface area contributed by atoms with Gasteiger partial charge in [0.2, 0.25) is 0 Å². The smallest absolute Gasteiger partial charge is 0.351 e. The number of pyridine rings is 2. The van der Waals surface area contributed by atoms with E-state index in [0.717, 1.165) is 4.68 Å². The van der Waals surface area contributed by atoms with E-state index in [1.54, 1.807) is 37.2 Å². The van der Waals surface area contributed by atoms with Crippen LogP contribution in [0.4, 0.5) is 14.6 Å². The van der Waals surface area contributed by atoms with E-state index in [9.17, 15) is 13.6 Å². The average molecular weight is 387 g/mol. The van der Waals surface area contributed by atoms with Crippen molar-refractivity contribution < 1.29 is 8.78 Å². The number of nitrogens with zero attached hydrogens (tertiary/aromatic N) is 6. The van der Waals surface area contributed by atoms with Crippen molar-refractivity contribution in [1.82, 2.24) is 24.3 Å². The quantitative estimate of drug-likeness (QED) is 0.689. The molecule has 10 heteroatoms. The Labute approximate surface area is 159 Å². The van der Waals surface area contributed by atoms with Crippen LogP contribution >= 0.6 is 0 Å². The minimum atomic E-state index is -0.496. The third kappa shape index (κ3) is 3.81. The second kappa shape index (κ2) is 8.09. The van der Waals surface area contributed by atoms with Crippen molar-refractivity contribution in [3.8, 4) is 17.1 Å². The summed E-state index contributed by atoms with van der Waals surface area (Å²) in [4.78, 5) is 22.6. The van der Waals surface area contributed by atoms with Gasteiger partial charge in [0.05, 0.1) is 18.6 Å². The van der Waals surface area contributed by atoms with Gasteiger partial charge in [-0.25, -0.2) is 32.8 Å². The molecule has 0 saturated heterocycles. The molecule has 0 atom stereocenters. The molecule has 0 aromatic carbocycles. The van der Waals surface area contributed by atoms with Crippen LogP contribution in [0.2, 0.25) is 0 Å². The van der Waals surface area contributed by atoms with Gasteiger partial charge in [-0.1, -0.05) is 6.07 Å². The molecule has 0 saturated carbocycles. The summed E-state index contributed by atoms with van der Waals surface area (Å²) in [5.74, 6) is 0.0328. The fourth-order valence-electron chi connectivity index (χ4n) is 2.56. The van der Waals surface area contributed by atoms with Crippen molar-refractivity contribution in [1.29, 1.82) is 0 Å². The molecule has 0 aliphatic carbocycles. The lowest BCUT2D eigenvalue weighted by atomic mass is 10.2. The van der Waals surface area contributed by atoms with Gasteiger partial charge in [-0.15, -0.1) is 0 Å². The molecule has 0 bridgehead atoms. The lowest BCUT2D eigenvalue weighted by molar-refractivity contribution is 0.612. The Hall–Kier alpha value is -3.40. The van der Waals surface area contributed by atoms with E-state index in [-0.39, 0.29) is 24.5 Å². The molecule has 0 fully saturated rings. The zero-order chi connectivity index (χ0) is 20.3. The number of aromatic nitrogens is 5. The van der Waals surface area contributed by atoms with Gasteiger partial charge in [0, 0.05) is 32.4 Å². The molecule has 2 N–H and O–H groups in total. The molecule has 3 aromatic heterocycles. The van der Waals surface area contributed by atoms with Crippen molar-refractivity contribution in [3.63, 3.8) is 0 Å². The van der Waals surface area contributed by atoms with Crippen LogP contribution < -0.4 is 16.3 Å². The molecule has 0 amide bonds. The second-order valence-corrected chi connectivity index (χ2v) is 6.22. The van der Waals surface area contributed by atoms with E-state index in [0.29, 0.717) is 23.4 Å². The van der Waals surface area contributed by atoms with Crippen molar-refractivity contribution >= 4 is 5.82 Å². The van der Waals surface area contributed by atoms with Crippen LogP contribution in [0.1, 0.15) is 0 Å². The Bertz CT molecular complexity index is 1070. The van der Waals surface area contributed by atoms with E-state index < -0.39 is 11.5 Å². The summed E-state index contributed by atoms with van der Waals surface area (Å²) >= 11 is 0. The Morgan fingerprint density at radius 2 is 2.14 bits per heavy atom. The SMILES string of the molecule is CN(C)c1ncc(-c2cccc(-n3cnn(C/C(=C/F)CN)c3=O)n2)cc1F. The summed E-state index contributed by atoms with van der Waals surface area (Å²) in [5.41, 5.74) is 6.07. The zero-order valence-electron chi connectivity index (χ0n) is 15.4. The van der Waals surface area contributed by atoms with Gasteiger partial charge in [-0.2, -0.15) is 5.10 Å². The van der Waals surface area contributed by atoms with Crippen LogP contribution in [-0.4, -0.2) is 45.0 Å². The van der Waals surface area contributed by atoms with Crippen molar-refractivity contribution in [2.45, 2.75) is 6.54 Å². The first-order valence-corrected chi connectivity index (χ1v) is 8.38. The highest BCUT2D eigenvalue weighted by molar-refractivity contribution is 5.61. The maximum absolute atomic E-state index is 14.2. The maximum atomic E-state index is 14.2. The molecule has 3 aromatic rings. The van der Waals surface area contributed by atoms with Crippen molar-refractivity contribution in [3.05, 3.63) is 65.0 Å². The average Bonchev–Trinajstić information content (AvgIpc) is 3.06. The lowest BCUT2D eigenvalue weighted by Crippen LogP contribution is -2.26. The fourth-order valence-corrected chi connectivity index (χ4v) is 2.56. The second-order valence-electron chi connectivity index (χ2n) is 6.22. The number of hydrogen-bond donors (Lipinski definition) is 1. The molecular formula is C18H19F2N7O. The van der Waals surface area contributed by atoms with Gasteiger partial charge >= 0.3 is 5.69 Å². The first-order chi connectivity index (χ1) is 13.4. The highest BCUT2D eigenvalue weighted by Crippen LogP contribution is 2.22. The highest BCUT2D eigenvalue weighted by Gasteiger charge is 2.12. The molecule has 0 unspecified atom stereocenters. The number of halogens is 2. The standard InChI is InChI=1S/C18H19F2N7O/c1-25(2)17-14(20)6-13(9-22-17)15-4-3-5-16(24-15)26-11-23-27(18(26)28)10-12(7-19)8-21/h3-7,9,11H,8,10,21H2,1-2H3/b12-7+. The summed E-state index contributed by atoms with van der Waals surface area (Å²) < 4.78 is 29.2. The zero-order valence-corrected chi connectivity index (χ0v) is 15.4. The van der Waals surface area contributed by atoms with Gasteiger partial charge < -0.3 is 10.6 Å². The molecule has 8 nitrogen and oxygen atoms in total. The minimum absolute atomic E-state index is 0.0228. The lowest BCUT2D eigenvalue weighted by Gasteiger charge is -2.12. The molecule has 28 heavy (non-hydrogen) atoms. The van der Waals surface area contributed by atoms with Crippen molar-refractivity contribution in [2.24, 2.45) is 5.73 Å². The first kappa shape index (κ1) is 19.4. The number of nitrogens with two attached hydrogens (primary N) is 1. The van der Waals surface area contributed by atoms with Crippen LogP contribution in [0.25, 0.3) is 17.1 Å². The largest absolute Gasteiger partial charge is 0.360 e. The summed E-state index contributed by atoms with van der Waals surface area (Å²) in [6.07, 6.45) is 3.16. The molecule has 0 aliphatic rings. The first-order valence-electron chi connectivity index (χ1n) is 8.38. The van der Waals surface area contributed by atoms with E-state index >= 15 is 0 Å². The Morgan fingerprint density at radius 3 is 2.79 bits per heavy atom. The Kier molecular flexibility index (Phi) is 5.59. The van der Waals surface area contributed by atoms with Gasteiger partial charge in [0.25, 0.3) is 0 Å². The summed E-state index contributed by atoms with van der Waals surface area (Å²) in [6.45, 7) is -0.0787. The van der Waals surface area contributed by atoms with Crippen LogP contribution in [0.5, 0.6) is 0 Å². The van der Waals surface area contributed by atoms with Gasteiger partial charge in [0.1, 0.15) is 12.1 Å². The number of anilines is 1. The van der Waals surface area contributed by atoms with Crippen LogP contribution in [0, 0.1) is 5.82 Å². The Morgan fingerprint density at radius 1 is 1.36 bits per heavy atom. The van der Waals surface area contributed by atoms with Gasteiger partial charge in [-0.05, 0) is 23.8 Å². The van der Waals surface area contributed by atoms with E-state index in [2.05, 4.69) is 15.1 Å². The molecule has 3 heterocycles. The number of hydrogen-bond acceptors (Lipinski definition) is 6. The molecule has 0 spiro atoms. The van der Waals surface area contributed by atoms with E-state index in [1.807, 2.05) is 0 Å². The fraction of sp³-hybridized carbons (Fsp3) is 0.222. The predicted molar refractivity (Wildman–Crippen MR) is 101 cm³/mol.